The maximum Gasteiger partial charge on any atom is 1.00 e. The van der Waals surface area contributed by atoms with E-state index in [1.807, 2.05) is 0 Å². The molecule has 0 aliphatic rings. The van der Waals surface area contributed by atoms with Crippen LogP contribution in [0.2, 0.25) is 0 Å². The number of rotatable bonds is 6. The third-order valence-corrected chi connectivity index (χ3v) is 3.27. The number of carbonyl (C=O) groups is 2. The molecule has 9 heteroatoms. The van der Waals surface area contributed by atoms with E-state index in [2.05, 4.69) is 6.58 Å². The van der Waals surface area contributed by atoms with Gasteiger partial charge in [-0.15, -0.1) is 6.58 Å². The Hall–Kier alpha value is 0.226. The Kier molecular flexibility index (Phi) is 7.95. The van der Waals surface area contributed by atoms with Crippen molar-refractivity contribution in [2.45, 2.75) is 17.6 Å². The van der Waals surface area contributed by atoms with Crippen molar-refractivity contribution >= 4 is 22.1 Å². The molecule has 0 spiro atoms. The van der Waals surface area contributed by atoms with Gasteiger partial charge in [0, 0.05) is 0 Å². The summed E-state index contributed by atoms with van der Waals surface area (Å²) in [7, 11) is -5.03. The van der Waals surface area contributed by atoms with Gasteiger partial charge in [0.1, 0.15) is 0 Å². The first kappa shape index (κ1) is 18.6. The minimum Gasteiger partial charge on any atom is -1.00 e. The van der Waals surface area contributed by atoms with Crippen molar-refractivity contribution < 1.29 is 85.6 Å². The molecule has 0 aromatic rings. The molecule has 0 heterocycles. The summed E-state index contributed by atoms with van der Waals surface area (Å²) in [5.41, 5.74) is 0. The topological polar surface area (TPSA) is 129 Å². The largest absolute Gasteiger partial charge is 1.00 e. The van der Waals surface area contributed by atoms with Gasteiger partial charge in [0.25, 0.3) is 10.1 Å². The first-order chi connectivity index (χ1) is 6.67. The maximum absolute atomic E-state index is 10.9. The van der Waals surface area contributed by atoms with E-state index in [0.29, 0.717) is 0 Å². The van der Waals surface area contributed by atoms with Crippen LogP contribution in [0.15, 0.2) is 12.7 Å². The van der Waals surface area contributed by atoms with Gasteiger partial charge in [-0.1, -0.05) is 6.08 Å². The Morgan fingerprint density at radius 2 is 1.81 bits per heavy atom. The number of hydrogen-bond donors (Lipinski definition) is 3. The van der Waals surface area contributed by atoms with Crippen molar-refractivity contribution in [1.82, 2.24) is 0 Å². The fourth-order valence-electron chi connectivity index (χ4n) is 1.02. The van der Waals surface area contributed by atoms with Crippen LogP contribution in [0, 0.1) is 0 Å². The van der Waals surface area contributed by atoms with E-state index >= 15 is 0 Å². The quantitative estimate of drug-likeness (QED) is 0.266. The van der Waals surface area contributed by atoms with Gasteiger partial charge in [0.15, 0.2) is 0 Å². The molecule has 7 nitrogen and oxygen atoms in total. The Labute approximate surface area is 136 Å². The molecule has 1 unspecified atom stereocenters. The number of carboxylic acid groups (broad SMARTS) is 2. The van der Waals surface area contributed by atoms with Crippen LogP contribution in [0.1, 0.15) is 14.3 Å². The van der Waals surface area contributed by atoms with E-state index < -0.39 is 39.6 Å². The molecule has 0 radical (unpaired) electrons. The van der Waals surface area contributed by atoms with Crippen molar-refractivity contribution in [2.24, 2.45) is 0 Å². The number of aliphatic carboxylic acids is 2. The molecule has 0 bridgehead atoms. The van der Waals surface area contributed by atoms with Gasteiger partial charge in [-0.25, -0.2) is 0 Å². The normalized spacial score (nSPS) is 14.3. The van der Waals surface area contributed by atoms with Crippen LogP contribution in [0.4, 0.5) is 0 Å². The SMILES string of the molecule is C=CCC(CC(=O)O)(C(=O)O)S(=O)(=O)O.[H-].[K+]. The van der Waals surface area contributed by atoms with E-state index in [4.69, 9.17) is 14.8 Å². The first-order valence-electron chi connectivity index (χ1n) is 3.70. The third kappa shape index (κ3) is 4.24. The van der Waals surface area contributed by atoms with E-state index in [1.165, 1.54) is 0 Å². The predicted octanol–water partition coefficient (Wildman–Crippen LogP) is -3.14. The summed E-state index contributed by atoms with van der Waals surface area (Å²) < 4.78 is 27.8. The molecule has 0 aromatic carbocycles. The van der Waals surface area contributed by atoms with Crippen LogP contribution in [-0.2, 0) is 19.7 Å². The van der Waals surface area contributed by atoms with Crippen molar-refractivity contribution in [2.75, 3.05) is 0 Å². The Morgan fingerprint density at radius 1 is 1.38 bits per heavy atom. The molecule has 0 saturated heterocycles. The minimum absolute atomic E-state index is 0. The summed E-state index contributed by atoms with van der Waals surface area (Å²) in [5.74, 6) is -3.57. The van der Waals surface area contributed by atoms with Crippen LogP contribution in [0.5, 0.6) is 0 Å². The minimum atomic E-state index is -5.03. The van der Waals surface area contributed by atoms with Gasteiger partial charge < -0.3 is 11.6 Å². The van der Waals surface area contributed by atoms with Gasteiger partial charge in [-0.3, -0.25) is 14.1 Å². The van der Waals surface area contributed by atoms with Crippen LogP contribution < -0.4 is 51.4 Å². The molecule has 1 atom stereocenters. The molecule has 0 fully saturated rings. The van der Waals surface area contributed by atoms with E-state index in [0.717, 1.165) is 6.08 Å². The molecule has 0 saturated carbocycles. The summed E-state index contributed by atoms with van der Waals surface area (Å²) in [6.07, 6.45) is -0.995. The summed E-state index contributed by atoms with van der Waals surface area (Å²) >= 11 is 0. The van der Waals surface area contributed by atoms with Gasteiger partial charge >= 0.3 is 63.3 Å². The van der Waals surface area contributed by atoms with Crippen LogP contribution in [-0.4, -0.2) is 39.9 Å². The average Bonchev–Trinajstić information content (AvgIpc) is 1.99. The Balaban J connectivity index is -0.000000980. The van der Waals surface area contributed by atoms with Gasteiger partial charge in [-0.05, 0) is 6.42 Å². The second-order valence-electron chi connectivity index (χ2n) is 2.84. The van der Waals surface area contributed by atoms with Crippen LogP contribution in [0.3, 0.4) is 0 Å². The predicted molar refractivity (Wildman–Crippen MR) is 50.1 cm³/mol. The number of carboxylic acids is 2. The van der Waals surface area contributed by atoms with Crippen molar-refractivity contribution in [3.05, 3.63) is 12.7 Å². The number of allylic oxidation sites excluding steroid dienone is 1. The molecule has 0 aromatic heterocycles. The van der Waals surface area contributed by atoms with Gasteiger partial charge in [0.05, 0.1) is 6.42 Å². The second-order valence-corrected chi connectivity index (χ2v) is 4.57. The molecule has 0 aliphatic carbocycles. The zero-order valence-corrected chi connectivity index (χ0v) is 12.5. The molecule has 0 amide bonds. The molecule has 16 heavy (non-hydrogen) atoms. The summed E-state index contributed by atoms with van der Waals surface area (Å²) in [6, 6.07) is 0. The fourth-order valence-corrected chi connectivity index (χ4v) is 1.87. The first-order valence-corrected chi connectivity index (χ1v) is 5.14. The Bertz CT molecular complexity index is 393. The summed E-state index contributed by atoms with van der Waals surface area (Å²) in [5, 5.41) is 17.1. The van der Waals surface area contributed by atoms with Crippen molar-refractivity contribution in [1.29, 1.82) is 0 Å². The fraction of sp³-hybridized carbons (Fsp3) is 0.429. The standard InChI is InChI=1S/C7H10O7S.K.H/c1-2-3-7(6(10)11,4-5(8)9)15(12,13)14;;/h2H,1,3-4H2,(H,8,9)(H,10,11)(H,12,13,14);;/q;+1;-1. The molecule has 0 rings (SSSR count). The van der Waals surface area contributed by atoms with Gasteiger partial charge in [-0.2, -0.15) is 8.42 Å². The molecular weight excluding hydrogens is 267 g/mol. The zero-order chi connectivity index (χ0) is 12.3. The van der Waals surface area contributed by atoms with E-state index in [9.17, 15) is 18.0 Å². The second kappa shape index (κ2) is 6.84. The van der Waals surface area contributed by atoms with Crippen molar-refractivity contribution in [3.8, 4) is 0 Å². The molecular formula is C7H11KO7S. The van der Waals surface area contributed by atoms with E-state index in [-0.39, 0.29) is 52.8 Å². The Morgan fingerprint density at radius 3 is 2.00 bits per heavy atom. The monoisotopic (exact) mass is 278 g/mol. The van der Waals surface area contributed by atoms with Crippen molar-refractivity contribution in [3.63, 3.8) is 0 Å². The average molecular weight is 278 g/mol. The van der Waals surface area contributed by atoms with Crippen LogP contribution >= 0.6 is 0 Å². The smallest absolute Gasteiger partial charge is 1.00 e. The maximum atomic E-state index is 10.9. The van der Waals surface area contributed by atoms with E-state index in [1.54, 1.807) is 0 Å². The third-order valence-electron chi connectivity index (χ3n) is 1.79. The molecule has 0 aliphatic heterocycles. The zero-order valence-electron chi connectivity index (χ0n) is 9.58. The summed E-state index contributed by atoms with van der Waals surface area (Å²) in [6.45, 7) is 3.12. The molecule has 88 valence electrons. The number of hydrogen-bond acceptors (Lipinski definition) is 4. The van der Waals surface area contributed by atoms with Crippen LogP contribution in [0.25, 0.3) is 0 Å². The molecule has 3 N–H and O–H groups in total. The van der Waals surface area contributed by atoms with Gasteiger partial charge in [0.2, 0.25) is 4.75 Å². The summed E-state index contributed by atoms with van der Waals surface area (Å²) in [4.78, 5) is 21.1.